The number of carbonyl (C=O) groups excluding carboxylic acids is 1. The number of carboxylic acid groups (broad SMARTS) is 1. The molecule has 0 spiro atoms. The summed E-state index contributed by atoms with van der Waals surface area (Å²) < 4.78 is 1.57. The van der Waals surface area contributed by atoms with Gasteiger partial charge in [0.25, 0.3) is 5.91 Å². The van der Waals surface area contributed by atoms with Crippen LogP contribution in [0, 0.1) is 0 Å². The molecular weight excluding hydrogens is 266 g/mol. The highest BCUT2D eigenvalue weighted by atomic mass is 32.1. The van der Waals surface area contributed by atoms with E-state index in [1.807, 2.05) is 17.5 Å². The number of hydrogen-bond acceptors (Lipinski definition) is 4. The molecule has 100 valence electrons. The summed E-state index contributed by atoms with van der Waals surface area (Å²) in [5.74, 6) is -1.25. The Bertz CT molecular complexity index is 589. The van der Waals surface area contributed by atoms with Crippen LogP contribution in [0.3, 0.4) is 0 Å². The summed E-state index contributed by atoms with van der Waals surface area (Å²) in [6.07, 6.45) is 1.53. The molecule has 0 aromatic carbocycles. The molecule has 2 aromatic heterocycles. The molecule has 7 heteroatoms. The SMILES string of the molecule is Cn1cc(C(=O)NCCC(=O)O)c(-c2cccs2)n1. The van der Waals surface area contributed by atoms with Gasteiger partial charge < -0.3 is 10.4 Å². The zero-order chi connectivity index (χ0) is 13.8. The Morgan fingerprint density at radius 1 is 1.53 bits per heavy atom. The predicted octanol–water partition coefficient (Wildman–Crippen LogP) is 1.35. The molecule has 0 aliphatic rings. The topological polar surface area (TPSA) is 84.2 Å². The maximum absolute atomic E-state index is 12.0. The predicted molar refractivity (Wildman–Crippen MR) is 71.1 cm³/mol. The van der Waals surface area contributed by atoms with Gasteiger partial charge in [0.15, 0.2) is 0 Å². The van der Waals surface area contributed by atoms with Crippen molar-refractivity contribution in [3.8, 4) is 10.6 Å². The molecule has 6 nitrogen and oxygen atoms in total. The first-order valence-corrected chi connectivity index (χ1v) is 6.53. The van der Waals surface area contributed by atoms with Crippen molar-refractivity contribution in [1.82, 2.24) is 15.1 Å². The molecular formula is C12H13N3O3S. The lowest BCUT2D eigenvalue weighted by atomic mass is 10.2. The third-order valence-corrected chi connectivity index (χ3v) is 3.33. The van der Waals surface area contributed by atoms with Crippen LogP contribution in [0.4, 0.5) is 0 Å². The molecule has 0 bridgehead atoms. The second-order valence-electron chi connectivity index (χ2n) is 3.94. The molecule has 0 saturated carbocycles. The summed E-state index contributed by atoms with van der Waals surface area (Å²) in [5.41, 5.74) is 1.07. The van der Waals surface area contributed by atoms with E-state index in [0.717, 1.165) is 4.88 Å². The van der Waals surface area contributed by atoms with Crippen LogP contribution in [-0.4, -0.2) is 33.3 Å². The molecule has 2 aromatic rings. The number of carboxylic acids is 1. The fraction of sp³-hybridized carbons (Fsp3) is 0.250. The Labute approximate surface area is 113 Å². The smallest absolute Gasteiger partial charge is 0.305 e. The van der Waals surface area contributed by atoms with Crippen molar-refractivity contribution < 1.29 is 14.7 Å². The Balaban J connectivity index is 2.16. The highest BCUT2D eigenvalue weighted by Gasteiger charge is 2.17. The second-order valence-corrected chi connectivity index (χ2v) is 4.89. The van der Waals surface area contributed by atoms with Crippen LogP contribution in [0.1, 0.15) is 16.8 Å². The van der Waals surface area contributed by atoms with E-state index in [2.05, 4.69) is 10.4 Å². The average molecular weight is 279 g/mol. The molecule has 1 amide bonds. The van der Waals surface area contributed by atoms with Gasteiger partial charge in [0, 0.05) is 19.8 Å². The summed E-state index contributed by atoms with van der Waals surface area (Å²) in [5, 5.41) is 17.3. The summed E-state index contributed by atoms with van der Waals surface area (Å²) >= 11 is 1.50. The first-order chi connectivity index (χ1) is 9.08. The number of hydrogen-bond donors (Lipinski definition) is 2. The van der Waals surface area contributed by atoms with Gasteiger partial charge >= 0.3 is 5.97 Å². The van der Waals surface area contributed by atoms with E-state index in [4.69, 9.17) is 5.11 Å². The summed E-state index contributed by atoms with van der Waals surface area (Å²) in [7, 11) is 1.74. The van der Waals surface area contributed by atoms with Crippen molar-refractivity contribution in [3.63, 3.8) is 0 Å². The minimum absolute atomic E-state index is 0.0969. The van der Waals surface area contributed by atoms with Crippen molar-refractivity contribution in [1.29, 1.82) is 0 Å². The van der Waals surface area contributed by atoms with Gasteiger partial charge in [-0.3, -0.25) is 14.3 Å². The van der Waals surface area contributed by atoms with Crippen molar-refractivity contribution >= 4 is 23.2 Å². The lowest BCUT2D eigenvalue weighted by Gasteiger charge is -2.02. The number of nitrogens with zero attached hydrogens (tertiary/aromatic N) is 2. The van der Waals surface area contributed by atoms with Crippen LogP contribution in [0.15, 0.2) is 23.7 Å². The number of carbonyl (C=O) groups is 2. The Hall–Kier alpha value is -2.15. The fourth-order valence-corrected chi connectivity index (χ4v) is 2.35. The van der Waals surface area contributed by atoms with E-state index < -0.39 is 5.97 Å². The lowest BCUT2D eigenvalue weighted by molar-refractivity contribution is -0.136. The Kier molecular flexibility index (Phi) is 3.96. The van der Waals surface area contributed by atoms with E-state index >= 15 is 0 Å². The number of amides is 1. The normalized spacial score (nSPS) is 10.4. The van der Waals surface area contributed by atoms with Crippen LogP contribution < -0.4 is 5.32 Å². The first kappa shape index (κ1) is 13.3. The minimum Gasteiger partial charge on any atom is -0.481 e. The van der Waals surface area contributed by atoms with E-state index in [1.54, 1.807) is 17.9 Å². The Morgan fingerprint density at radius 2 is 2.32 bits per heavy atom. The van der Waals surface area contributed by atoms with E-state index in [1.165, 1.54) is 11.3 Å². The average Bonchev–Trinajstić information content (AvgIpc) is 2.96. The monoisotopic (exact) mass is 279 g/mol. The molecule has 19 heavy (non-hydrogen) atoms. The first-order valence-electron chi connectivity index (χ1n) is 5.65. The standard InChI is InChI=1S/C12H13N3O3S/c1-15-7-8(12(18)13-5-4-10(16)17)11(14-15)9-3-2-6-19-9/h2-3,6-7H,4-5H2,1H3,(H,13,18)(H,16,17). The van der Waals surface area contributed by atoms with Crippen LogP contribution in [-0.2, 0) is 11.8 Å². The minimum atomic E-state index is -0.940. The molecule has 2 N–H and O–H groups in total. The molecule has 0 radical (unpaired) electrons. The zero-order valence-electron chi connectivity index (χ0n) is 10.3. The third kappa shape index (κ3) is 3.19. The second kappa shape index (κ2) is 5.66. The van der Waals surface area contributed by atoms with Crippen molar-refractivity contribution in [2.45, 2.75) is 6.42 Å². The van der Waals surface area contributed by atoms with Crippen molar-refractivity contribution in [2.75, 3.05) is 6.54 Å². The number of aromatic nitrogens is 2. The van der Waals surface area contributed by atoms with Gasteiger partial charge in [-0.25, -0.2) is 0 Å². The number of nitrogens with one attached hydrogen (secondary N) is 1. The number of aliphatic carboxylic acids is 1. The third-order valence-electron chi connectivity index (χ3n) is 2.45. The fourth-order valence-electron chi connectivity index (χ4n) is 1.63. The molecule has 0 fully saturated rings. The highest BCUT2D eigenvalue weighted by molar-refractivity contribution is 7.13. The van der Waals surface area contributed by atoms with Crippen LogP contribution in [0.25, 0.3) is 10.6 Å². The van der Waals surface area contributed by atoms with Gasteiger partial charge in [-0.15, -0.1) is 11.3 Å². The van der Waals surface area contributed by atoms with Crippen molar-refractivity contribution in [3.05, 3.63) is 29.3 Å². The van der Waals surface area contributed by atoms with Gasteiger partial charge in [0.2, 0.25) is 0 Å². The molecule has 0 aliphatic carbocycles. The van der Waals surface area contributed by atoms with Crippen LogP contribution in [0.5, 0.6) is 0 Å². The summed E-state index contributed by atoms with van der Waals surface area (Å²) in [6.45, 7) is 0.104. The van der Waals surface area contributed by atoms with E-state index in [0.29, 0.717) is 11.3 Å². The molecule has 0 unspecified atom stereocenters. The van der Waals surface area contributed by atoms with Gasteiger partial charge in [0.05, 0.1) is 16.9 Å². The number of thiophene rings is 1. The molecule has 2 heterocycles. The summed E-state index contributed by atoms with van der Waals surface area (Å²) in [6, 6.07) is 3.78. The summed E-state index contributed by atoms with van der Waals surface area (Å²) in [4.78, 5) is 23.3. The largest absolute Gasteiger partial charge is 0.481 e. The molecule has 2 rings (SSSR count). The van der Waals surface area contributed by atoms with E-state index in [-0.39, 0.29) is 18.9 Å². The molecule has 0 aliphatic heterocycles. The maximum Gasteiger partial charge on any atom is 0.305 e. The van der Waals surface area contributed by atoms with Gasteiger partial charge in [-0.1, -0.05) is 6.07 Å². The number of rotatable bonds is 5. The lowest BCUT2D eigenvalue weighted by Crippen LogP contribution is -2.26. The van der Waals surface area contributed by atoms with E-state index in [9.17, 15) is 9.59 Å². The van der Waals surface area contributed by atoms with Gasteiger partial charge in [-0.05, 0) is 11.4 Å². The molecule has 0 atom stereocenters. The van der Waals surface area contributed by atoms with Crippen molar-refractivity contribution in [2.24, 2.45) is 7.05 Å². The number of aryl methyl sites for hydroxylation is 1. The Morgan fingerprint density at radius 3 is 2.95 bits per heavy atom. The maximum atomic E-state index is 12.0. The molecule has 0 saturated heterocycles. The highest BCUT2D eigenvalue weighted by Crippen LogP contribution is 2.26. The zero-order valence-corrected chi connectivity index (χ0v) is 11.1. The van der Waals surface area contributed by atoms with Gasteiger partial charge in [-0.2, -0.15) is 5.10 Å². The van der Waals surface area contributed by atoms with Crippen LogP contribution in [0.2, 0.25) is 0 Å². The quantitative estimate of drug-likeness (QED) is 0.865. The van der Waals surface area contributed by atoms with Gasteiger partial charge in [0.1, 0.15) is 5.69 Å². The van der Waals surface area contributed by atoms with Crippen LogP contribution >= 0.6 is 11.3 Å².